The molecule has 162 valence electrons. The first-order valence-electron chi connectivity index (χ1n) is 10.2. The number of rotatable bonds is 7. The molecule has 1 aliphatic rings. The van der Waals surface area contributed by atoms with Crippen LogP contribution >= 0.6 is 0 Å². The number of primary amides is 1. The molecule has 5 N–H and O–H groups in total. The summed E-state index contributed by atoms with van der Waals surface area (Å²) < 4.78 is 16.6. The summed E-state index contributed by atoms with van der Waals surface area (Å²) in [5.41, 5.74) is 6.78. The van der Waals surface area contributed by atoms with E-state index >= 15 is 0 Å². The maximum atomic E-state index is 14.8. The smallest absolute Gasteiger partial charge is 0.252 e. The molecule has 0 spiro atoms. The lowest BCUT2D eigenvalue weighted by molar-refractivity contribution is 0.100. The lowest BCUT2D eigenvalue weighted by atomic mass is 9.90. The highest BCUT2D eigenvalue weighted by Crippen LogP contribution is 2.27. The van der Waals surface area contributed by atoms with Crippen molar-refractivity contribution in [1.29, 1.82) is 0 Å². The van der Waals surface area contributed by atoms with Gasteiger partial charge >= 0.3 is 0 Å². The molecule has 1 amide bonds. The molecule has 0 saturated heterocycles. The zero-order valence-electron chi connectivity index (χ0n) is 17.2. The van der Waals surface area contributed by atoms with Crippen molar-refractivity contribution in [1.82, 2.24) is 24.8 Å². The van der Waals surface area contributed by atoms with Crippen molar-refractivity contribution >= 4 is 23.2 Å². The minimum atomic E-state index is -0.773. The molecule has 0 radical (unpaired) electrons. The standard InChI is InChI=1S/C21H25FN8O/c1-24-17-4-2-3-5-18(17)28-21-16(22)9-15(19(23)31)20(29-21)27-13-8-14(11-26-10-13)30-7-6-25-12-30/h6-12,17-18,24H,2-5H2,1H3,(H2,23,31)(H2,27,28,29)/t17-,18?/m0/s1. The van der Waals surface area contributed by atoms with Crippen molar-refractivity contribution in [3.05, 3.63) is 54.6 Å². The molecule has 0 aromatic carbocycles. The van der Waals surface area contributed by atoms with Crippen molar-refractivity contribution in [2.75, 3.05) is 17.7 Å². The minimum absolute atomic E-state index is 0.0371. The fourth-order valence-electron chi connectivity index (χ4n) is 3.88. The molecule has 1 aliphatic carbocycles. The van der Waals surface area contributed by atoms with Crippen molar-refractivity contribution < 1.29 is 9.18 Å². The molecule has 0 bridgehead atoms. The average molecular weight is 424 g/mol. The number of aromatic nitrogens is 4. The Labute approximate surface area is 179 Å². The van der Waals surface area contributed by atoms with Gasteiger partial charge in [0.1, 0.15) is 5.82 Å². The van der Waals surface area contributed by atoms with E-state index in [9.17, 15) is 9.18 Å². The van der Waals surface area contributed by atoms with Gasteiger partial charge < -0.3 is 26.3 Å². The Hall–Kier alpha value is -3.53. The number of carbonyl (C=O) groups excluding carboxylic acids is 1. The quantitative estimate of drug-likeness (QED) is 0.460. The molecule has 3 heterocycles. The van der Waals surface area contributed by atoms with Gasteiger partial charge in [-0.05, 0) is 32.0 Å². The summed E-state index contributed by atoms with van der Waals surface area (Å²) >= 11 is 0. The van der Waals surface area contributed by atoms with Gasteiger partial charge in [-0.2, -0.15) is 0 Å². The number of nitrogens with two attached hydrogens (primary N) is 1. The fraction of sp³-hybridized carbons (Fsp3) is 0.333. The average Bonchev–Trinajstić information content (AvgIpc) is 3.31. The zero-order valence-corrected chi connectivity index (χ0v) is 17.2. The van der Waals surface area contributed by atoms with E-state index in [0.29, 0.717) is 5.69 Å². The molecule has 9 nitrogen and oxygen atoms in total. The van der Waals surface area contributed by atoms with Crippen LogP contribution in [0.15, 0.2) is 43.2 Å². The largest absolute Gasteiger partial charge is 0.365 e. The van der Waals surface area contributed by atoms with Gasteiger partial charge in [0.25, 0.3) is 5.91 Å². The van der Waals surface area contributed by atoms with Crippen LogP contribution in [0, 0.1) is 5.82 Å². The predicted molar refractivity (Wildman–Crippen MR) is 116 cm³/mol. The number of halogens is 1. The second-order valence-electron chi connectivity index (χ2n) is 7.54. The molecule has 1 unspecified atom stereocenters. The third kappa shape index (κ3) is 4.64. The Morgan fingerprint density at radius 3 is 2.68 bits per heavy atom. The van der Waals surface area contributed by atoms with E-state index in [2.05, 4.69) is 30.9 Å². The topological polar surface area (TPSA) is 123 Å². The Morgan fingerprint density at radius 1 is 1.16 bits per heavy atom. The first-order chi connectivity index (χ1) is 15.0. The second-order valence-corrected chi connectivity index (χ2v) is 7.54. The summed E-state index contributed by atoms with van der Waals surface area (Å²) in [6, 6.07) is 3.19. The maximum absolute atomic E-state index is 14.8. The number of nitrogens with zero attached hydrogens (tertiary/aromatic N) is 4. The van der Waals surface area contributed by atoms with E-state index in [1.807, 2.05) is 13.1 Å². The Kier molecular flexibility index (Phi) is 6.08. The number of hydrogen-bond acceptors (Lipinski definition) is 7. The SMILES string of the molecule is CN[C@H]1CCCCC1Nc1nc(Nc2cncc(-n3ccnc3)c2)c(C(N)=O)cc1F. The molecule has 0 aliphatic heterocycles. The molecule has 10 heteroatoms. The van der Waals surface area contributed by atoms with Crippen molar-refractivity contribution in [3.63, 3.8) is 0 Å². The van der Waals surface area contributed by atoms with Crippen LogP contribution in [0.1, 0.15) is 36.0 Å². The minimum Gasteiger partial charge on any atom is -0.365 e. The van der Waals surface area contributed by atoms with Crippen LogP contribution in [0.5, 0.6) is 0 Å². The van der Waals surface area contributed by atoms with Gasteiger partial charge in [-0.15, -0.1) is 0 Å². The normalized spacial score (nSPS) is 18.5. The van der Waals surface area contributed by atoms with Gasteiger partial charge in [0.2, 0.25) is 0 Å². The lowest BCUT2D eigenvalue weighted by Gasteiger charge is -2.32. The Bertz CT molecular complexity index is 1060. The van der Waals surface area contributed by atoms with E-state index in [-0.39, 0.29) is 29.3 Å². The van der Waals surface area contributed by atoms with E-state index in [1.165, 1.54) is 0 Å². The third-order valence-corrected chi connectivity index (χ3v) is 5.49. The summed E-state index contributed by atoms with van der Waals surface area (Å²) in [6.07, 6.45) is 12.5. The molecule has 3 aromatic heterocycles. The van der Waals surface area contributed by atoms with Gasteiger partial charge in [0.05, 0.1) is 35.7 Å². The highest BCUT2D eigenvalue weighted by atomic mass is 19.1. The fourth-order valence-corrected chi connectivity index (χ4v) is 3.88. The molecule has 3 aromatic rings. The summed E-state index contributed by atoms with van der Waals surface area (Å²) in [5, 5.41) is 9.54. The Balaban J connectivity index is 1.64. The molecule has 1 saturated carbocycles. The third-order valence-electron chi connectivity index (χ3n) is 5.49. The van der Waals surface area contributed by atoms with Crippen LogP contribution in [0.4, 0.5) is 21.7 Å². The molecule has 4 rings (SSSR count). The molecule has 31 heavy (non-hydrogen) atoms. The number of amides is 1. The van der Waals surface area contributed by atoms with Gasteiger partial charge in [-0.3, -0.25) is 9.78 Å². The van der Waals surface area contributed by atoms with Crippen LogP contribution in [0.3, 0.4) is 0 Å². The van der Waals surface area contributed by atoms with Crippen molar-refractivity contribution in [3.8, 4) is 5.69 Å². The monoisotopic (exact) mass is 424 g/mol. The summed E-state index contributed by atoms with van der Waals surface area (Å²) in [6.45, 7) is 0. The van der Waals surface area contributed by atoms with Crippen LogP contribution in [-0.2, 0) is 0 Å². The van der Waals surface area contributed by atoms with Gasteiger partial charge in [-0.1, -0.05) is 12.8 Å². The predicted octanol–water partition coefficient (Wildman–Crippen LogP) is 2.59. The second kappa shape index (κ2) is 9.09. The number of pyridine rings is 2. The van der Waals surface area contributed by atoms with Crippen molar-refractivity contribution in [2.45, 2.75) is 37.8 Å². The number of carbonyl (C=O) groups is 1. The van der Waals surface area contributed by atoms with Crippen LogP contribution in [-0.4, -0.2) is 44.6 Å². The summed E-state index contributed by atoms with van der Waals surface area (Å²) in [7, 11) is 1.90. The number of hydrogen-bond donors (Lipinski definition) is 4. The van der Waals surface area contributed by atoms with Crippen LogP contribution in [0.25, 0.3) is 5.69 Å². The molecular weight excluding hydrogens is 399 g/mol. The first-order valence-corrected chi connectivity index (χ1v) is 10.2. The number of likely N-dealkylation sites (N-methyl/N-ethyl adjacent to an activating group) is 1. The van der Waals surface area contributed by atoms with Gasteiger partial charge in [0.15, 0.2) is 11.6 Å². The number of imidazole rings is 1. The molecular formula is C21H25FN8O. The Morgan fingerprint density at radius 2 is 1.97 bits per heavy atom. The van der Waals surface area contributed by atoms with E-state index in [4.69, 9.17) is 5.73 Å². The van der Waals surface area contributed by atoms with Gasteiger partial charge in [0, 0.05) is 24.5 Å². The molecule has 1 fully saturated rings. The summed E-state index contributed by atoms with van der Waals surface area (Å²) in [4.78, 5) is 24.5. The number of anilines is 3. The first kappa shape index (κ1) is 20.7. The van der Waals surface area contributed by atoms with E-state index in [0.717, 1.165) is 37.4 Å². The van der Waals surface area contributed by atoms with E-state index in [1.54, 1.807) is 35.7 Å². The van der Waals surface area contributed by atoms with Crippen molar-refractivity contribution in [2.24, 2.45) is 5.73 Å². The highest BCUT2D eigenvalue weighted by molar-refractivity contribution is 5.98. The van der Waals surface area contributed by atoms with Crippen LogP contribution < -0.4 is 21.7 Å². The van der Waals surface area contributed by atoms with Gasteiger partial charge in [-0.25, -0.2) is 14.4 Å². The number of nitrogens with one attached hydrogen (secondary N) is 3. The summed E-state index contributed by atoms with van der Waals surface area (Å²) in [5.74, 6) is -1.15. The van der Waals surface area contributed by atoms with Crippen LogP contribution in [0.2, 0.25) is 0 Å². The zero-order chi connectivity index (χ0) is 21.8. The highest BCUT2D eigenvalue weighted by Gasteiger charge is 2.26. The lowest BCUT2D eigenvalue weighted by Crippen LogP contribution is -2.45. The molecule has 2 atom stereocenters. The van der Waals surface area contributed by atoms with E-state index < -0.39 is 11.7 Å². The maximum Gasteiger partial charge on any atom is 0.252 e.